The average molecular weight is 611 g/mol. The van der Waals surface area contributed by atoms with E-state index in [1.165, 1.54) is 24.3 Å². The fraction of sp³-hybridized carbons (Fsp3) is 0.333. The lowest BCUT2D eigenvalue weighted by atomic mass is 9.83. The quantitative estimate of drug-likeness (QED) is 0.279. The van der Waals surface area contributed by atoms with Crippen molar-refractivity contribution in [2.24, 2.45) is 5.92 Å². The third-order valence-electron chi connectivity index (χ3n) is 7.32. The number of hydrogen-bond donors (Lipinski definition) is 1. The third-order valence-corrected chi connectivity index (χ3v) is 7.32. The number of benzene rings is 3. The van der Waals surface area contributed by atoms with E-state index in [-0.39, 0.29) is 17.9 Å². The van der Waals surface area contributed by atoms with Gasteiger partial charge in [-0.25, -0.2) is 4.39 Å². The lowest BCUT2D eigenvalue weighted by molar-refractivity contribution is -0.230. The lowest BCUT2D eigenvalue weighted by Crippen LogP contribution is -2.49. The topological polar surface area (TPSA) is 91.3 Å². The number of carbonyl (C=O) groups is 2. The summed E-state index contributed by atoms with van der Waals surface area (Å²) >= 11 is 0. The van der Waals surface area contributed by atoms with E-state index in [0.717, 1.165) is 49.4 Å². The molecule has 1 N–H and O–H groups in total. The molecule has 6 bridgehead atoms. The van der Waals surface area contributed by atoms with E-state index in [9.17, 15) is 41.0 Å². The number of aliphatic carboxylic acids is 1. The second-order valence-electron chi connectivity index (χ2n) is 10.2. The molecule has 3 aromatic rings. The van der Waals surface area contributed by atoms with Crippen LogP contribution in [0.15, 0.2) is 66.7 Å². The van der Waals surface area contributed by atoms with E-state index >= 15 is 0 Å². The van der Waals surface area contributed by atoms with E-state index in [0.29, 0.717) is 5.56 Å². The van der Waals surface area contributed by atoms with Crippen molar-refractivity contribution in [3.05, 3.63) is 94.5 Å². The summed E-state index contributed by atoms with van der Waals surface area (Å²) in [5.74, 6) is -13.8. The zero-order chi connectivity index (χ0) is 31.2. The standard InChI is InChI=1S/C30H24F6O7/c1-16(25(38)39)24(37)28(15-41-26(31)29(33,34)19-8-4-18(5-9-19)14-42-28)21-10-22-12-23(11-21)43-27(32)30(35,36)20-6-2-17(3-7-20)13-40-22/h2-12,16,26-27H,13-15H2,1H3,(H,38,39). The van der Waals surface area contributed by atoms with Gasteiger partial charge in [-0.05, 0) is 30.2 Å². The van der Waals surface area contributed by atoms with Crippen molar-refractivity contribution in [3.63, 3.8) is 0 Å². The van der Waals surface area contributed by atoms with E-state index in [1.54, 1.807) is 0 Å². The Balaban J connectivity index is 1.67. The van der Waals surface area contributed by atoms with Crippen LogP contribution in [-0.2, 0) is 49.7 Å². The second kappa shape index (κ2) is 11.2. The molecular weight excluding hydrogens is 586 g/mol. The van der Waals surface area contributed by atoms with Crippen molar-refractivity contribution in [2.75, 3.05) is 6.61 Å². The number of ketones is 1. The van der Waals surface area contributed by atoms with Crippen LogP contribution in [-0.4, -0.2) is 36.2 Å². The predicted molar refractivity (Wildman–Crippen MR) is 136 cm³/mol. The molecule has 4 aliphatic heterocycles. The van der Waals surface area contributed by atoms with Crippen LogP contribution in [0.3, 0.4) is 0 Å². The molecule has 228 valence electrons. The maximum absolute atomic E-state index is 15.0. The van der Waals surface area contributed by atoms with Crippen molar-refractivity contribution in [2.45, 2.75) is 50.3 Å². The Morgan fingerprint density at radius 3 is 1.91 bits per heavy atom. The molecular formula is C30H24F6O7. The van der Waals surface area contributed by atoms with Gasteiger partial charge in [-0.15, -0.1) is 0 Å². The molecule has 7 nitrogen and oxygen atoms in total. The van der Waals surface area contributed by atoms with E-state index < -0.39 is 83.5 Å². The summed E-state index contributed by atoms with van der Waals surface area (Å²) in [5, 5.41) is 9.64. The number of halogens is 6. The first-order chi connectivity index (χ1) is 20.2. The molecule has 0 saturated heterocycles. The van der Waals surface area contributed by atoms with Gasteiger partial charge in [-0.1, -0.05) is 48.5 Å². The second-order valence-corrected chi connectivity index (χ2v) is 10.2. The largest absolute Gasteiger partial charge is 0.489 e. The van der Waals surface area contributed by atoms with Gasteiger partial charge < -0.3 is 24.1 Å². The summed E-state index contributed by atoms with van der Waals surface area (Å²) in [7, 11) is 0. The number of carbonyl (C=O) groups excluding carboxylic acids is 1. The number of carboxylic acid groups (broad SMARTS) is 1. The van der Waals surface area contributed by atoms with E-state index in [2.05, 4.69) is 0 Å². The summed E-state index contributed by atoms with van der Waals surface area (Å²) in [5.41, 5.74) is -3.79. The van der Waals surface area contributed by atoms with Crippen LogP contribution in [0.4, 0.5) is 26.3 Å². The van der Waals surface area contributed by atoms with Crippen LogP contribution in [0, 0.1) is 5.92 Å². The van der Waals surface area contributed by atoms with Crippen molar-refractivity contribution in [1.82, 2.24) is 0 Å². The van der Waals surface area contributed by atoms with Gasteiger partial charge in [0.25, 0.3) is 6.36 Å². The maximum Gasteiger partial charge on any atom is 0.338 e. The fourth-order valence-corrected chi connectivity index (χ4v) is 4.68. The van der Waals surface area contributed by atoms with Crippen LogP contribution >= 0.6 is 0 Å². The lowest BCUT2D eigenvalue weighted by Gasteiger charge is -2.35. The highest BCUT2D eigenvalue weighted by Crippen LogP contribution is 2.42. The molecule has 0 radical (unpaired) electrons. The summed E-state index contributed by atoms with van der Waals surface area (Å²) in [6, 6.07) is 11.9. The number of rotatable bonds is 4. The zero-order valence-electron chi connectivity index (χ0n) is 22.4. The molecule has 0 saturated carbocycles. The number of Topliss-reactive ketones (excluding diaryl/α,β-unsaturated/α-hetero) is 1. The minimum absolute atomic E-state index is 0.174. The van der Waals surface area contributed by atoms with Crippen LogP contribution in [0.5, 0.6) is 11.5 Å². The van der Waals surface area contributed by atoms with Crippen molar-refractivity contribution < 1.29 is 60.0 Å². The smallest absolute Gasteiger partial charge is 0.338 e. The Labute approximate surface area is 240 Å². The number of ether oxygens (including phenoxy) is 4. The van der Waals surface area contributed by atoms with Gasteiger partial charge in [0.15, 0.2) is 11.4 Å². The van der Waals surface area contributed by atoms with Gasteiger partial charge in [0.2, 0.25) is 0 Å². The first-order valence-corrected chi connectivity index (χ1v) is 12.9. The Morgan fingerprint density at radius 1 is 0.791 bits per heavy atom. The molecule has 4 unspecified atom stereocenters. The van der Waals surface area contributed by atoms with E-state index in [4.69, 9.17) is 18.9 Å². The van der Waals surface area contributed by atoms with Crippen LogP contribution < -0.4 is 9.47 Å². The Kier molecular flexibility index (Phi) is 7.90. The molecule has 13 heteroatoms. The number of carboxylic acids is 1. The van der Waals surface area contributed by atoms with Crippen molar-refractivity contribution in [3.8, 4) is 11.5 Å². The Bertz CT molecular complexity index is 1510. The molecule has 0 fully saturated rings. The molecule has 0 aromatic heterocycles. The summed E-state index contributed by atoms with van der Waals surface area (Å²) < 4.78 is 111. The van der Waals surface area contributed by atoms with Gasteiger partial charge in [0, 0.05) is 22.8 Å². The molecule has 43 heavy (non-hydrogen) atoms. The predicted octanol–water partition coefficient (Wildman–Crippen LogP) is 6.16. The van der Waals surface area contributed by atoms with Crippen LogP contribution in [0.1, 0.15) is 34.7 Å². The number of fused-ring (bicyclic) bond motifs is 13. The van der Waals surface area contributed by atoms with Crippen LogP contribution in [0.25, 0.3) is 0 Å². The highest BCUT2D eigenvalue weighted by Gasteiger charge is 2.51. The summed E-state index contributed by atoms with van der Waals surface area (Å²) in [6.07, 6.45) is -6.57. The maximum atomic E-state index is 15.0. The molecule has 0 spiro atoms. The number of hydrogen-bond acceptors (Lipinski definition) is 6. The zero-order valence-corrected chi connectivity index (χ0v) is 22.4. The fourth-order valence-electron chi connectivity index (χ4n) is 4.68. The molecule has 3 aromatic carbocycles. The highest BCUT2D eigenvalue weighted by atomic mass is 19.3. The minimum atomic E-state index is -4.19. The van der Waals surface area contributed by atoms with E-state index in [1.807, 2.05) is 0 Å². The SMILES string of the molecule is CC(C(=O)O)C(=O)C1(c2cc3cc(c2)OC(F)C(F)(F)c2ccc(cc2)CO3)COC(F)C(F)(F)c2ccc(cc2)CO1. The molecule has 4 atom stereocenters. The molecule has 4 heterocycles. The molecule has 0 aliphatic carbocycles. The average Bonchev–Trinajstić information content (AvgIpc) is 3.01. The normalized spacial score (nSPS) is 25.2. The van der Waals surface area contributed by atoms with Gasteiger partial charge >= 0.3 is 24.2 Å². The van der Waals surface area contributed by atoms with Gasteiger partial charge in [-0.3, -0.25) is 9.59 Å². The first-order valence-electron chi connectivity index (χ1n) is 12.9. The monoisotopic (exact) mass is 610 g/mol. The summed E-state index contributed by atoms with van der Waals surface area (Å²) in [4.78, 5) is 25.7. The highest BCUT2D eigenvalue weighted by molar-refractivity contribution is 6.03. The molecule has 0 amide bonds. The van der Waals surface area contributed by atoms with Gasteiger partial charge in [-0.2, -0.15) is 22.0 Å². The van der Waals surface area contributed by atoms with Crippen LogP contribution in [0.2, 0.25) is 0 Å². The minimum Gasteiger partial charge on any atom is -0.489 e. The van der Waals surface area contributed by atoms with Gasteiger partial charge in [0.1, 0.15) is 24.0 Å². The van der Waals surface area contributed by atoms with Gasteiger partial charge in [0.05, 0.1) is 13.2 Å². The summed E-state index contributed by atoms with van der Waals surface area (Å²) in [6.45, 7) is -0.967. The number of alkyl halides is 6. The Morgan fingerprint density at radius 2 is 1.33 bits per heavy atom. The molecule has 4 aliphatic rings. The van der Waals surface area contributed by atoms with Crippen molar-refractivity contribution in [1.29, 1.82) is 0 Å². The molecule has 7 rings (SSSR count). The third kappa shape index (κ3) is 5.66. The Hall–Kier alpha value is -4.10. The van der Waals surface area contributed by atoms with Crippen molar-refractivity contribution >= 4 is 11.8 Å². The first kappa shape index (κ1) is 30.4.